The number of rotatable bonds is 4. The number of fused-ring (bicyclic) bond motifs is 1. The number of anilines is 1. The van der Waals surface area contributed by atoms with Gasteiger partial charge in [-0.1, -0.05) is 13.3 Å². The highest BCUT2D eigenvalue weighted by atomic mass is 79.9. The summed E-state index contributed by atoms with van der Waals surface area (Å²) in [5.41, 5.74) is 3.00. The van der Waals surface area contributed by atoms with Gasteiger partial charge in [-0.15, -0.1) is 0 Å². The first-order valence-electron chi connectivity index (χ1n) is 6.44. The molecule has 0 spiro atoms. The van der Waals surface area contributed by atoms with Gasteiger partial charge in [0, 0.05) is 22.9 Å². The second-order valence-corrected chi connectivity index (χ2v) is 5.83. The van der Waals surface area contributed by atoms with Crippen LogP contribution in [0.25, 0.3) is 11.0 Å². The van der Waals surface area contributed by atoms with Gasteiger partial charge < -0.3 is 5.32 Å². The molecular formula is C14H16BrN3. The van der Waals surface area contributed by atoms with E-state index in [1.165, 1.54) is 19.3 Å². The maximum atomic E-state index is 4.46. The van der Waals surface area contributed by atoms with E-state index in [-0.39, 0.29) is 0 Å². The fourth-order valence-electron chi connectivity index (χ4n) is 2.44. The van der Waals surface area contributed by atoms with E-state index in [4.69, 9.17) is 0 Å². The molecule has 3 nitrogen and oxygen atoms in total. The van der Waals surface area contributed by atoms with Crippen LogP contribution in [-0.2, 0) is 0 Å². The van der Waals surface area contributed by atoms with Gasteiger partial charge >= 0.3 is 0 Å². The molecule has 0 bridgehead atoms. The first-order valence-corrected chi connectivity index (χ1v) is 7.24. The van der Waals surface area contributed by atoms with Crippen LogP contribution in [0, 0.1) is 5.92 Å². The van der Waals surface area contributed by atoms with Crippen LogP contribution in [0.3, 0.4) is 0 Å². The lowest BCUT2D eigenvalue weighted by Crippen LogP contribution is -2.05. The van der Waals surface area contributed by atoms with Crippen LogP contribution < -0.4 is 5.32 Å². The summed E-state index contributed by atoms with van der Waals surface area (Å²) in [5.74, 6) is 0.841. The van der Waals surface area contributed by atoms with Crippen molar-refractivity contribution in [3.05, 3.63) is 29.0 Å². The molecule has 1 N–H and O–H groups in total. The van der Waals surface area contributed by atoms with Gasteiger partial charge in [-0.2, -0.15) is 0 Å². The van der Waals surface area contributed by atoms with E-state index in [2.05, 4.69) is 38.1 Å². The Morgan fingerprint density at radius 2 is 2.33 bits per heavy atom. The number of nitrogens with one attached hydrogen (secondary N) is 1. The van der Waals surface area contributed by atoms with Crippen LogP contribution in [0.1, 0.15) is 26.2 Å². The lowest BCUT2D eigenvalue weighted by Gasteiger charge is -2.08. The third kappa shape index (κ3) is 2.34. The molecule has 18 heavy (non-hydrogen) atoms. The van der Waals surface area contributed by atoms with Crippen molar-refractivity contribution in [2.24, 2.45) is 5.92 Å². The molecule has 0 saturated heterocycles. The summed E-state index contributed by atoms with van der Waals surface area (Å²) >= 11 is 3.43. The molecule has 0 aromatic carbocycles. The lowest BCUT2D eigenvalue weighted by atomic mass is 10.2. The Morgan fingerprint density at radius 1 is 1.44 bits per heavy atom. The number of aromatic nitrogens is 2. The van der Waals surface area contributed by atoms with Crippen molar-refractivity contribution in [1.29, 1.82) is 0 Å². The topological polar surface area (TPSA) is 37.8 Å². The summed E-state index contributed by atoms with van der Waals surface area (Å²) in [6.45, 7) is 2.25. The molecule has 1 aliphatic rings. The van der Waals surface area contributed by atoms with Gasteiger partial charge in [0.1, 0.15) is 5.52 Å². The molecule has 2 atom stereocenters. The van der Waals surface area contributed by atoms with E-state index >= 15 is 0 Å². The molecule has 3 rings (SSSR count). The van der Waals surface area contributed by atoms with Gasteiger partial charge in [-0.05, 0) is 46.8 Å². The molecule has 2 heterocycles. The standard InChI is InChI=1S/C14H16BrN3/c1-2-3-9-6-12(9)18-11-4-5-16-13-7-10(15)8-17-14(11)13/h4-5,7-9,12H,2-3,6H2,1H3,(H,16,18). The van der Waals surface area contributed by atoms with Crippen molar-refractivity contribution in [3.63, 3.8) is 0 Å². The quantitative estimate of drug-likeness (QED) is 0.928. The first kappa shape index (κ1) is 11.9. The number of pyridine rings is 2. The molecule has 2 aromatic heterocycles. The number of hydrogen-bond acceptors (Lipinski definition) is 3. The minimum absolute atomic E-state index is 0.626. The number of halogens is 1. The van der Waals surface area contributed by atoms with Crippen LogP contribution >= 0.6 is 15.9 Å². The van der Waals surface area contributed by atoms with Crippen LogP contribution in [0.15, 0.2) is 29.0 Å². The van der Waals surface area contributed by atoms with Gasteiger partial charge in [0.05, 0.1) is 11.2 Å². The highest BCUT2D eigenvalue weighted by Gasteiger charge is 2.36. The number of hydrogen-bond donors (Lipinski definition) is 1. The summed E-state index contributed by atoms with van der Waals surface area (Å²) in [5, 5.41) is 3.60. The van der Waals surface area contributed by atoms with E-state index in [0.717, 1.165) is 27.1 Å². The number of nitrogens with zero attached hydrogens (tertiary/aromatic N) is 2. The minimum Gasteiger partial charge on any atom is -0.380 e. The summed E-state index contributed by atoms with van der Waals surface area (Å²) < 4.78 is 0.968. The maximum Gasteiger partial charge on any atom is 0.112 e. The van der Waals surface area contributed by atoms with Gasteiger partial charge in [0.15, 0.2) is 0 Å². The fourth-order valence-corrected chi connectivity index (χ4v) is 2.76. The molecular weight excluding hydrogens is 290 g/mol. The van der Waals surface area contributed by atoms with Crippen molar-refractivity contribution >= 4 is 32.7 Å². The molecule has 0 amide bonds. The van der Waals surface area contributed by atoms with Gasteiger partial charge in [0.2, 0.25) is 0 Å². The molecule has 1 saturated carbocycles. The van der Waals surface area contributed by atoms with Crippen molar-refractivity contribution in [3.8, 4) is 0 Å². The van der Waals surface area contributed by atoms with E-state index < -0.39 is 0 Å². The van der Waals surface area contributed by atoms with Crippen LogP contribution in [0.5, 0.6) is 0 Å². The van der Waals surface area contributed by atoms with Gasteiger partial charge in [-0.25, -0.2) is 0 Å². The molecule has 4 heteroatoms. The maximum absolute atomic E-state index is 4.46. The van der Waals surface area contributed by atoms with E-state index in [9.17, 15) is 0 Å². The van der Waals surface area contributed by atoms with Crippen molar-refractivity contribution < 1.29 is 0 Å². The zero-order valence-corrected chi connectivity index (χ0v) is 11.9. The third-order valence-corrected chi connectivity index (χ3v) is 3.90. The van der Waals surface area contributed by atoms with Gasteiger partial charge in [0.25, 0.3) is 0 Å². The molecule has 0 radical (unpaired) electrons. The predicted octanol–water partition coefficient (Wildman–Crippen LogP) is 3.99. The van der Waals surface area contributed by atoms with Crippen molar-refractivity contribution in [1.82, 2.24) is 9.97 Å². The van der Waals surface area contributed by atoms with Crippen LogP contribution in [-0.4, -0.2) is 16.0 Å². The Kier molecular flexibility index (Phi) is 3.20. The smallest absolute Gasteiger partial charge is 0.112 e. The van der Waals surface area contributed by atoms with E-state index in [1.807, 2.05) is 24.5 Å². The van der Waals surface area contributed by atoms with Crippen LogP contribution in [0.4, 0.5) is 5.69 Å². The summed E-state index contributed by atoms with van der Waals surface area (Å²) in [4.78, 5) is 8.81. The average Bonchev–Trinajstić information content (AvgIpc) is 3.08. The molecule has 1 fully saturated rings. The predicted molar refractivity (Wildman–Crippen MR) is 77.7 cm³/mol. The van der Waals surface area contributed by atoms with E-state index in [0.29, 0.717) is 6.04 Å². The molecule has 1 aliphatic carbocycles. The normalized spacial score (nSPS) is 22.1. The fraction of sp³-hybridized carbons (Fsp3) is 0.429. The van der Waals surface area contributed by atoms with Crippen LogP contribution in [0.2, 0.25) is 0 Å². The summed E-state index contributed by atoms with van der Waals surface area (Å²) in [6, 6.07) is 4.65. The zero-order chi connectivity index (χ0) is 12.5. The van der Waals surface area contributed by atoms with E-state index in [1.54, 1.807) is 0 Å². The summed E-state index contributed by atoms with van der Waals surface area (Å²) in [6.07, 6.45) is 7.54. The Hall–Kier alpha value is -1.16. The monoisotopic (exact) mass is 305 g/mol. The molecule has 94 valence electrons. The average molecular weight is 306 g/mol. The Labute approximate surface area is 115 Å². The molecule has 0 aliphatic heterocycles. The summed E-state index contributed by atoms with van der Waals surface area (Å²) in [7, 11) is 0. The first-order chi connectivity index (χ1) is 8.78. The highest BCUT2D eigenvalue weighted by molar-refractivity contribution is 9.10. The van der Waals surface area contributed by atoms with Crippen molar-refractivity contribution in [2.45, 2.75) is 32.2 Å². The second-order valence-electron chi connectivity index (χ2n) is 4.92. The Morgan fingerprint density at radius 3 is 3.17 bits per heavy atom. The SMILES string of the molecule is CCCC1CC1Nc1ccnc2cc(Br)cnc12. The third-order valence-electron chi connectivity index (χ3n) is 3.47. The highest BCUT2D eigenvalue weighted by Crippen LogP contribution is 2.38. The van der Waals surface area contributed by atoms with Crippen molar-refractivity contribution in [2.75, 3.05) is 5.32 Å². The second kappa shape index (κ2) is 4.84. The minimum atomic E-state index is 0.626. The zero-order valence-electron chi connectivity index (χ0n) is 10.4. The Bertz CT molecular complexity index is 570. The molecule has 2 aromatic rings. The van der Waals surface area contributed by atoms with Gasteiger partial charge in [-0.3, -0.25) is 9.97 Å². The molecule has 2 unspecified atom stereocenters. The Balaban J connectivity index is 1.84. The largest absolute Gasteiger partial charge is 0.380 e. The lowest BCUT2D eigenvalue weighted by molar-refractivity contribution is 0.693.